The average molecular weight is 363 g/mol. The van der Waals surface area contributed by atoms with Crippen LogP contribution in [-0.2, 0) is 14.6 Å². The van der Waals surface area contributed by atoms with Crippen molar-refractivity contribution in [3.8, 4) is 0 Å². The first-order valence-electron chi connectivity index (χ1n) is 6.94. The smallest absolute Gasteiger partial charge is 0.341 e. The molecule has 24 heavy (non-hydrogen) atoms. The number of amides is 1. The van der Waals surface area contributed by atoms with Crippen LogP contribution in [0.5, 0.6) is 0 Å². The zero-order valence-corrected chi connectivity index (χ0v) is 13.4. The summed E-state index contributed by atoms with van der Waals surface area (Å²) >= 11 is 0. The Bertz CT molecular complexity index is 769. The van der Waals surface area contributed by atoms with Gasteiger partial charge < -0.3 is 10.2 Å². The van der Waals surface area contributed by atoms with Crippen molar-refractivity contribution in [1.29, 1.82) is 0 Å². The first kappa shape index (κ1) is 18.0. The van der Waals surface area contributed by atoms with Gasteiger partial charge >= 0.3 is 5.76 Å². The fourth-order valence-electron chi connectivity index (χ4n) is 2.35. The fourth-order valence-corrected chi connectivity index (χ4v) is 3.09. The number of sulfone groups is 1. The molecule has 1 unspecified atom stereocenters. The van der Waals surface area contributed by atoms with Crippen molar-refractivity contribution in [2.75, 3.05) is 18.9 Å². The third-order valence-corrected chi connectivity index (χ3v) is 5.13. The normalized spacial score (nSPS) is 18.8. The van der Waals surface area contributed by atoms with E-state index in [1.165, 1.54) is 4.90 Å². The molecule has 1 aliphatic heterocycles. The number of hydrogen-bond donors (Lipinski definition) is 1. The van der Waals surface area contributed by atoms with Gasteiger partial charge in [-0.3, -0.25) is 14.9 Å². The van der Waals surface area contributed by atoms with E-state index in [2.05, 4.69) is 5.32 Å². The Morgan fingerprint density at radius 2 is 2.08 bits per heavy atom. The number of rotatable bonds is 5. The summed E-state index contributed by atoms with van der Waals surface area (Å²) in [4.78, 5) is 22.7. The molecule has 1 N–H and O–H groups in total. The minimum Gasteiger partial charge on any atom is -0.376 e. The van der Waals surface area contributed by atoms with Crippen LogP contribution < -0.4 is 5.32 Å². The van der Waals surface area contributed by atoms with E-state index in [1.807, 2.05) is 0 Å². The molecule has 1 atom stereocenters. The van der Waals surface area contributed by atoms with E-state index < -0.39 is 31.1 Å². The number of halogens is 2. The van der Waals surface area contributed by atoms with Gasteiger partial charge in [0.1, 0.15) is 5.69 Å². The second-order valence-corrected chi connectivity index (χ2v) is 7.31. The van der Waals surface area contributed by atoms with E-state index in [4.69, 9.17) is 0 Å². The number of benzene rings is 1. The Morgan fingerprint density at radius 1 is 1.42 bits per heavy atom. The highest BCUT2D eigenvalue weighted by atomic mass is 32.2. The van der Waals surface area contributed by atoms with E-state index in [-0.39, 0.29) is 24.1 Å². The van der Waals surface area contributed by atoms with Crippen molar-refractivity contribution in [1.82, 2.24) is 4.90 Å². The molecule has 0 saturated carbocycles. The monoisotopic (exact) mass is 363 g/mol. The minimum absolute atomic E-state index is 0.0180. The second kappa shape index (κ2) is 6.67. The number of nitro benzene ring substituents is 1. The van der Waals surface area contributed by atoms with Crippen LogP contribution in [0.1, 0.15) is 12.8 Å². The molecule has 1 aromatic rings. The first-order valence-corrected chi connectivity index (χ1v) is 8.48. The number of likely N-dealkylation sites (tertiary alicyclic amines) is 1. The van der Waals surface area contributed by atoms with E-state index in [0.29, 0.717) is 19.0 Å². The van der Waals surface area contributed by atoms with Crippen LogP contribution in [0.4, 0.5) is 20.2 Å². The molecule has 0 bridgehead atoms. The number of carbonyl (C=O) groups is 1. The van der Waals surface area contributed by atoms with Crippen molar-refractivity contribution in [2.24, 2.45) is 0 Å². The summed E-state index contributed by atoms with van der Waals surface area (Å²) < 4.78 is 48.0. The number of piperidine rings is 1. The quantitative estimate of drug-likeness (QED) is 0.629. The summed E-state index contributed by atoms with van der Waals surface area (Å²) in [6.45, 7) is 0.474. The maximum atomic E-state index is 12.6. The van der Waals surface area contributed by atoms with Crippen LogP contribution in [-0.4, -0.2) is 49.5 Å². The van der Waals surface area contributed by atoms with Crippen molar-refractivity contribution in [3.63, 3.8) is 0 Å². The highest BCUT2D eigenvalue weighted by molar-refractivity contribution is 7.91. The largest absolute Gasteiger partial charge is 0.376 e. The summed E-state index contributed by atoms with van der Waals surface area (Å²) in [6, 6.07) is 2.19. The van der Waals surface area contributed by atoms with Crippen molar-refractivity contribution in [2.45, 2.75) is 29.5 Å². The van der Waals surface area contributed by atoms with Gasteiger partial charge in [0.2, 0.25) is 15.7 Å². The zero-order chi connectivity index (χ0) is 18.1. The Morgan fingerprint density at radius 3 is 2.62 bits per heavy atom. The van der Waals surface area contributed by atoms with E-state index in [1.54, 1.807) is 7.05 Å². The number of nitrogens with zero attached hydrogens (tertiary/aromatic N) is 2. The molecule has 1 aliphatic rings. The Balaban J connectivity index is 2.31. The number of hydrogen-bond acceptors (Lipinski definition) is 6. The number of carbonyl (C=O) groups excluding carboxylic acids is 1. The third kappa shape index (κ3) is 3.61. The van der Waals surface area contributed by atoms with Crippen LogP contribution in [0.2, 0.25) is 0 Å². The van der Waals surface area contributed by atoms with Gasteiger partial charge in [-0.15, -0.1) is 0 Å². The lowest BCUT2D eigenvalue weighted by atomic mass is 10.0. The lowest BCUT2D eigenvalue weighted by molar-refractivity contribution is -0.384. The summed E-state index contributed by atoms with van der Waals surface area (Å²) in [7, 11) is -3.28. The molecule has 1 aromatic carbocycles. The molecule has 1 saturated heterocycles. The number of anilines is 1. The summed E-state index contributed by atoms with van der Waals surface area (Å²) in [5, 5.41) is 14.0. The van der Waals surface area contributed by atoms with E-state index in [9.17, 15) is 32.1 Å². The van der Waals surface area contributed by atoms with Gasteiger partial charge in [-0.25, -0.2) is 8.42 Å². The van der Waals surface area contributed by atoms with Gasteiger partial charge in [-0.1, -0.05) is 0 Å². The molecule has 132 valence electrons. The van der Waals surface area contributed by atoms with Gasteiger partial charge in [0.05, 0.1) is 9.82 Å². The van der Waals surface area contributed by atoms with Crippen LogP contribution >= 0.6 is 0 Å². The maximum Gasteiger partial charge on any atom is 0.341 e. The zero-order valence-electron chi connectivity index (χ0n) is 12.6. The Kier molecular flexibility index (Phi) is 5.02. The lowest BCUT2D eigenvalue weighted by Gasteiger charge is -2.29. The van der Waals surface area contributed by atoms with E-state index >= 15 is 0 Å². The summed E-state index contributed by atoms with van der Waals surface area (Å²) in [5.41, 5.74) is -0.654. The van der Waals surface area contributed by atoms with Gasteiger partial charge in [0, 0.05) is 32.1 Å². The van der Waals surface area contributed by atoms with Gasteiger partial charge in [0.25, 0.3) is 5.69 Å². The summed E-state index contributed by atoms with van der Waals surface area (Å²) in [6.07, 6.45) is 0.682. The maximum absolute atomic E-state index is 12.6. The molecule has 2 rings (SSSR count). The van der Waals surface area contributed by atoms with Crippen LogP contribution in [0.25, 0.3) is 0 Å². The minimum atomic E-state index is -4.93. The average Bonchev–Trinajstić information content (AvgIpc) is 2.50. The summed E-state index contributed by atoms with van der Waals surface area (Å²) in [5.74, 6) is -3.79. The van der Waals surface area contributed by atoms with Crippen LogP contribution in [0.3, 0.4) is 0 Å². The lowest BCUT2D eigenvalue weighted by Crippen LogP contribution is -2.41. The first-order chi connectivity index (χ1) is 11.1. The van der Waals surface area contributed by atoms with Gasteiger partial charge in [-0.2, -0.15) is 8.78 Å². The van der Waals surface area contributed by atoms with Gasteiger partial charge in [0.15, 0.2) is 0 Å². The topological polar surface area (TPSA) is 110 Å². The van der Waals surface area contributed by atoms with Crippen molar-refractivity contribution in [3.05, 3.63) is 28.3 Å². The predicted octanol–water partition coefficient (Wildman–Crippen LogP) is 1.62. The van der Waals surface area contributed by atoms with Crippen molar-refractivity contribution < 1.29 is 26.9 Å². The second-order valence-electron chi connectivity index (χ2n) is 5.39. The number of alkyl halides is 2. The molecular weight excluding hydrogens is 348 g/mol. The highest BCUT2D eigenvalue weighted by Gasteiger charge is 2.30. The molecule has 0 aromatic heterocycles. The predicted molar refractivity (Wildman–Crippen MR) is 80.6 cm³/mol. The van der Waals surface area contributed by atoms with Gasteiger partial charge in [-0.05, 0) is 18.6 Å². The molecule has 1 heterocycles. The number of nitrogens with one attached hydrogen (secondary N) is 1. The fraction of sp³-hybridized carbons (Fsp3) is 0.462. The van der Waals surface area contributed by atoms with Crippen LogP contribution in [0.15, 0.2) is 23.1 Å². The third-order valence-electron chi connectivity index (χ3n) is 3.75. The molecule has 0 radical (unpaired) electrons. The molecule has 0 spiro atoms. The number of nitro groups is 1. The van der Waals surface area contributed by atoms with Crippen LogP contribution in [0, 0.1) is 10.1 Å². The molecule has 1 amide bonds. The Hall–Kier alpha value is -2.30. The molecule has 1 fully saturated rings. The molecule has 0 aliphatic carbocycles. The SMILES string of the molecule is CN1CCC(Nc2ccc(S(=O)(=O)C(F)F)cc2[N+](=O)[O-])CC1=O. The highest BCUT2D eigenvalue weighted by Crippen LogP contribution is 2.31. The Labute approximate surface area is 136 Å². The van der Waals surface area contributed by atoms with E-state index in [0.717, 1.165) is 12.1 Å². The molecular formula is C13H15F2N3O5S. The van der Waals surface area contributed by atoms with Crippen molar-refractivity contribution >= 4 is 27.1 Å². The molecule has 8 nitrogen and oxygen atoms in total. The molecule has 11 heteroatoms. The standard InChI is InChI=1S/C13H15F2N3O5S/c1-17-5-4-8(6-12(17)19)16-10-3-2-9(7-11(10)18(20)21)24(22,23)13(14)15/h2-3,7-8,13,16H,4-6H2,1H3.